The monoisotopic (exact) mass is 242 g/mol. The van der Waals surface area contributed by atoms with Gasteiger partial charge < -0.3 is 5.11 Å². The average Bonchev–Trinajstić information content (AvgIpc) is 2.69. The Morgan fingerprint density at radius 1 is 1.50 bits per heavy atom. The van der Waals surface area contributed by atoms with E-state index in [0.29, 0.717) is 0 Å². The minimum Gasteiger partial charge on any atom is -0.477 e. The molecule has 0 unspecified atom stereocenters. The van der Waals surface area contributed by atoms with Crippen LogP contribution in [-0.4, -0.2) is 20.6 Å². The van der Waals surface area contributed by atoms with Crippen LogP contribution in [-0.2, 0) is 0 Å². The van der Waals surface area contributed by atoms with Crippen LogP contribution in [0.4, 0.5) is 0 Å². The van der Waals surface area contributed by atoms with Crippen molar-refractivity contribution < 1.29 is 9.90 Å². The molecule has 1 heterocycles. The molecule has 0 spiro atoms. The van der Waals surface area contributed by atoms with Crippen LogP contribution in [0, 0.1) is 0 Å². The third-order valence-corrected chi connectivity index (χ3v) is 3.03. The Hall–Kier alpha value is -1.36. The number of aromatic carboxylic acids is 1. The number of rotatable bonds is 2. The molecule has 1 saturated carbocycles. The zero-order chi connectivity index (χ0) is 11.7. The molecule has 2 rings (SSSR count). The molecular formula is C10H11ClN2O3. The molecule has 16 heavy (non-hydrogen) atoms. The van der Waals surface area contributed by atoms with Crippen molar-refractivity contribution in [2.45, 2.75) is 31.7 Å². The van der Waals surface area contributed by atoms with Gasteiger partial charge in [-0.25, -0.2) is 9.59 Å². The Bertz CT molecular complexity index is 477. The summed E-state index contributed by atoms with van der Waals surface area (Å²) in [6, 6.07) is 1.17. The highest BCUT2D eigenvalue weighted by Crippen LogP contribution is 2.29. The fourth-order valence-corrected chi connectivity index (χ4v) is 2.32. The Morgan fingerprint density at radius 3 is 2.69 bits per heavy atom. The molecule has 0 saturated heterocycles. The highest BCUT2D eigenvalue weighted by Gasteiger charge is 2.23. The molecule has 0 aliphatic heterocycles. The first-order valence-corrected chi connectivity index (χ1v) is 5.50. The molecule has 0 radical (unpaired) electrons. The average molecular weight is 243 g/mol. The molecule has 5 nitrogen and oxygen atoms in total. The topological polar surface area (TPSA) is 72.2 Å². The fraction of sp³-hybridized carbons (Fsp3) is 0.500. The summed E-state index contributed by atoms with van der Waals surface area (Å²) in [5.74, 6) is -1.15. The number of carboxylic acid groups (broad SMARTS) is 1. The molecule has 0 aromatic carbocycles. The summed E-state index contributed by atoms with van der Waals surface area (Å²) in [5.41, 5.74) is -0.645. The van der Waals surface area contributed by atoms with Gasteiger partial charge in [-0.15, -0.1) is 0 Å². The third kappa shape index (κ3) is 1.95. The van der Waals surface area contributed by atoms with Crippen LogP contribution in [0.15, 0.2) is 10.9 Å². The molecule has 86 valence electrons. The zero-order valence-electron chi connectivity index (χ0n) is 8.52. The summed E-state index contributed by atoms with van der Waals surface area (Å²) in [4.78, 5) is 26.3. The summed E-state index contributed by atoms with van der Waals surface area (Å²) in [6.07, 6.45) is 3.67. The maximum Gasteiger partial charge on any atom is 0.352 e. The Morgan fingerprint density at radius 2 is 2.12 bits per heavy atom. The lowest BCUT2D eigenvalue weighted by atomic mass is 10.2. The van der Waals surface area contributed by atoms with Crippen molar-refractivity contribution in [1.82, 2.24) is 9.55 Å². The van der Waals surface area contributed by atoms with E-state index in [1.807, 2.05) is 0 Å². The second-order valence-corrected chi connectivity index (χ2v) is 4.25. The number of carboxylic acids is 1. The van der Waals surface area contributed by atoms with E-state index in [0.717, 1.165) is 25.7 Å². The first-order chi connectivity index (χ1) is 7.59. The number of hydrogen-bond donors (Lipinski definition) is 1. The SMILES string of the molecule is O=C(O)c1cc(Cl)nc(=O)n1C1CCCC1. The first kappa shape index (κ1) is 11.1. The van der Waals surface area contributed by atoms with Crippen LogP contribution in [0.3, 0.4) is 0 Å². The molecule has 0 amide bonds. The zero-order valence-corrected chi connectivity index (χ0v) is 9.28. The van der Waals surface area contributed by atoms with Gasteiger partial charge in [0.25, 0.3) is 0 Å². The summed E-state index contributed by atoms with van der Waals surface area (Å²) in [7, 11) is 0. The highest BCUT2D eigenvalue weighted by atomic mass is 35.5. The lowest BCUT2D eigenvalue weighted by Gasteiger charge is -2.15. The highest BCUT2D eigenvalue weighted by molar-refractivity contribution is 6.29. The summed E-state index contributed by atoms with van der Waals surface area (Å²) in [6.45, 7) is 0. The molecule has 6 heteroatoms. The van der Waals surface area contributed by atoms with E-state index in [2.05, 4.69) is 4.98 Å². The van der Waals surface area contributed by atoms with Gasteiger partial charge in [0, 0.05) is 12.1 Å². The summed E-state index contributed by atoms with van der Waals surface area (Å²) < 4.78 is 1.25. The van der Waals surface area contributed by atoms with Gasteiger partial charge in [0.05, 0.1) is 0 Å². The number of halogens is 1. The number of aromatic nitrogens is 2. The minimum atomic E-state index is -1.15. The van der Waals surface area contributed by atoms with E-state index in [9.17, 15) is 9.59 Å². The number of hydrogen-bond acceptors (Lipinski definition) is 3. The Balaban J connectivity index is 2.57. The van der Waals surface area contributed by atoms with Crippen LogP contribution < -0.4 is 5.69 Å². The van der Waals surface area contributed by atoms with Gasteiger partial charge in [0.15, 0.2) is 0 Å². The van der Waals surface area contributed by atoms with Gasteiger partial charge in [-0.1, -0.05) is 24.4 Å². The predicted molar refractivity (Wildman–Crippen MR) is 58.0 cm³/mol. The van der Waals surface area contributed by atoms with E-state index < -0.39 is 11.7 Å². The van der Waals surface area contributed by atoms with Gasteiger partial charge in [-0.2, -0.15) is 4.98 Å². The van der Waals surface area contributed by atoms with Crippen molar-refractivity contribution in [2.75, 3.05) is 0 Å². The van der Waals surface area contributed by atoms with Crippen LogP contribution in [0.1, 0.15) is 42.2 Å². The van der Waals surface area contributed by atoms with E-state index >= 15 is 0 Å². The quantitative estimate of drug-likeness (QED) is 0.802. The van der Waals surface area contributed by atoms with E-state index in [-0.39, 0.29) is 16.9 Å². The van der Waals surface area contributed by atoms with E-state index in [1.54, 1.807) is 0 Å². The van der Waals surface area contributed by atoms with Crippen LogP contribution >= 0.6 is 11.6 Å². The van der Waals surface area contributed by atoms with E-state index in [1.165, 1.54) is 10.6 Å². The lowest BCUT2D eigenvalue weighted by Crippen LogP contribution is -2.30. The molecule has 0 atom stereocenters. The molecular weight excluding hydrogens is 232 g/mol. The second-order valence-electron chi connectivity index (χ2n) is 3.86. The van der Waals surface area contributed by atoms with Gasteiger partial charge in [0.1, 0.15) is 10.8 Å². The smallest absolute Gasteiger partial charge is 0.352 e. The number of carbonyl (C=O) groups is 1. The Labute approximate surface area is 96.7 Å². The largest absolute Gasteiger partial charge is 0.477 e. The number of nitrogens with zero attached hydrogens (tertiary/aromatic N) is 2. The second kappa shape index (κ2) is 4.25. The molecule has 1 aromatic heterocycles. The normalized spacial score (nSPS) is 16.6. The molecule has 1 fully saturated rings. The van der Waals surface area contributed by atoms with Gasteiger partial charge in [0.2, 0.25) is 0 Å². The molecule has 0 bridgehead atoms. The van der Waals surface area contributed by atoms with Gasteiger partial charge >= 0.3 is 11.7 Å². The third-order valence-electron chi connectivity index (χ3n) is 2.83. The molecule has 1 aromatic rings. The van der Waals surface area contributed by atoms with Crippen molar-refractivity contribution >= 4 is 17.6 Å². The minimum absolute atomic E-state index is 0.0524. The standard InChI is InChI=1S/C10H11ClN2O3/c11-8-5-7(9(14)15)13(10(16)12-8)6-3-1-2-4-6/h5-6H,1-4H2,(H,14,15). The maximum absolute atomic E-state index is 11.7. The molecule has 1 aliphatic carbocycles. The summed E-state index contributed by atoms with van der Waals surface area (Å²) >= 11 is 5.59. The van der Waals surface area contributed by atoms with Crippen LogP contribution in [0.2, 0.25) is 5.15 Å². The fourth-order valence-electron chi connectivity index (χ4n) is 2.14. The lowest BCUT2D eigenvalue weighted by molar-refractivity contribution is 0.0680. The molecule has 1 N–H and O–H groups in total. The maximum atomic E-state index is 11.7. The van der Waals surface area contributed by atoms with Crippen LogP contribution in [0.5, 0.6) is 0 Å². The van der Waals surface area contributed by atoms with Gasteiger partial charge in [-0.05, 0) is 12.8 Å². The van der Waals surface area contributed by atoms with Crippen molar-refractivity contribution in [2.24, 2.45) is 0 Å². The predicted octanol–water partition coefficient (Wildman–Crippen LogP) is 1.71. The van der Waals surface area contributed by atoms with Crippen molar-refractivity contribution in [3.05, 3.63) is 27.4 Å². The van der Waals surface area contributed by atoms with Crippen molar-refractivity contribution in [3.8, 4) is 0 Å². The summed E-state index contributed by atoms with van der Waals surface area (Å²) in [5, 5.41) is 8.96. The molecule has 1 aliphatic rings. The van der Waals surface area contributed by atoms with Gasteiger partial charge in [-0.3, -0.25) is 4.57 Å². The van der Waals surface area contributed by atoms with E-state index in [4.69, 9.17) is 16.7 Å². The first-order valence-electron chi connectivity index (χ1n) is 5.12. The van der Waals surface area contributed by atoms with Crippen molar-refractivity contribution in [1.29, 1.82) is 0 Å². The van der Waals surface area contributed by atoms with Crippen molar-refractivity contribution in [3.63, 3.8) is 0 Å². The van der Waals surface area contributed by atoms with Crippen LogP contribution in [0.25, 0.3) is 0 Å². The Kier molecular flexibility index (Phi) is 2.96.